The first-order valence-corrected chi connectivity index (χ1v) is 8.00. The molecule has 2 aromatic rings. The summed E-state index contributed by atoms with van der Waals surface area (Å²) in [5.41, 5.74) is 0.649. The average Bonchev–Trinajstić information content (AvgIpc) is 2.97. The lowest BCUT2D eigenvalue weighted by atomic mass is 10.4. The summed E-state index contributed by atoms with van der Waals surface area (Å²) in [5, 5.41) is 6.93. The molecule has 0 aromatic carbocycles. The van der Waals surface area contributed by atoms with E-state index < -0.39 is 0 Å². The third-order valence-electron chi connectivity index (χ3n) is 2.84. The van der Waals surface area contributed by atoms with Gasteiger partial charge in [0.05, 0.1) is 23.3 Å². The van der Waals surface area contributed by atoms with Gasteiger partial charge >= 0.3 is 0 Å². The van der Waals surface area contributed by atoms with Crippen LogP contribution in [0.5, 0.6) is 0 Å². The molecule has 7 heteroatoms. The molecular weight excluding hydrogens is 286 g/mol. The van der Waals surface area contributed by atoms with Crippen LogP contribution in [0.3, 0.4) is 0 Å². The second kappa shape index (κ2) is 7.78. The third kappa shape index (κ3) is 4.56. The molecule has 0 saturated carbocycles. The molecule has 2 heterocycles. The molecule has 6 nitrogen and oxygen atoms in total. The molecule has 112 valence electrons. The lowest BCUT2D eigenvalue weighted by molar-refractivity contribution is -0.115. The predicted octanol–water partition coefficient (Wildman–Crippen LogP) is 2.52. The van der Waals surface area contributed by atoms with E-state index >= 15 is 0 Å². The van der Waals surface area contributed by atoms with Gasteiger partial charge in [-0.05, 0) is 25.2 Å². The van der Waals surface area contributed by atoms with Gasteiger partial charge in [-0.2, -0.15) is 5.10 Å². The molecule has 0 radical (unpaired) electrons. The fourth-order valence-electron chi connectivity index (χ4n) is 1.63. The van der Waals surface area contributed by atoms with Crippen LogP contribution < -0.4 is 5.32 Å². The van der Waals surface area contributed by atoms with Crippen LogP contribution in [0.15, 0.2) is 30.9 Å². The van der Waals surface area contributed by atoms with Gasteiger partial charge < -0.3 is 5.32 Å². The number of hydrogen-bond donors (Lipinski definition) is 1. The van der Waals surface area contributed by atoms with Crippen LogP contribution in [0.25, 0.3) is 5.95 Å². The van der Waals surface area contributed by atoms with E-state index in [1.807, 2.05) is 6.92 Å². The van der Waals surface area contributed by atoms with Gasteiger partial charge in [-0.15, -0.1) is 11.8 Å². The first-order valence-electron chi connectivity index (χ1n) is 6.95. The Kier molecular flexibility index (Phi) is 5.74. The first-order chi connectivity index (χ1) is 10.2. The van der Waals surface area contributed by atoms with E-state index in [4.69, 9.17) is 0 Å². The summed E-state index contributed by atoms with van der Waals surface area (Å²) in [5.74, 6) is 1.47. The zero-order valence-electron chi connectivity index (χ0n) is 12.2. The maximum absolute atomic E-state index is 12.1. The SMILES string of the molecule is CCCCSC(C)C(=O)Nc1cnn(-c2ncccn2)c1. The molecule has 0 aliphatic rings. The van der Waals surface area contributed by atoms with Crippen molar-refractivity contribution in [1.29, 1.82) is 0 Å². The van der Waals surface area contributed by atoms with E-state index in [-0.39, 0.29) is 11.2 Å². The van der Waals surface area contributed by atoms with Gasteiger partial charge in [0.1, 0.15) is 0 Å². The van der Waals surface area contributed by atoms with Gasteiger partial charge in [-0.1, -0.05) is 13.3 Å². The van der Waals surface area contributed by atoms with Gasteiger partial charge in [-0.3, -0.25) is 4.79 Å². The van der Waals surface area contributed by atoms with E-state index in [0.717, 1.165) is 18.6 Å². The number of carbonyl (C=O) groups excluding carboxylic acids is 1. The predicted molar refractivity (Wildman–Crippen MR) is 84.6 cm³/mol. The van der Waals surface area contributed by atoms with Crippen LogP contribution in [-0.4, -0.2) is 36.7 Å². The van der Waals surface area contributed by atoms with Crippen molar-refractivity contribution in [3.8, 4) is 5.95 Å². The van der Waals surface area contributed by atoms with E-state index in [0.29, 0.717) is 11.6 Å². The summed E-state index contributed by atoms with van der Waals surface area (Å²) in [6.07, 6.45) is 8.87. The van der Waals surface area contributed by atoms with Gasteiger partial charge in [0, 0.05) is 12.4 Å². The average molecular weight is 305 g/mol. The minimum atomic E-state index is -0.0760. The zero-order chi connectivity index (χ0) is 15.1. The number of thioether (sulfide) groups is 1. The fraction of sp³-hybridized carbons (Fsp3) is 0.429. The van der Waals surface area contributed by atoms with Crippen LogP contribution >= 0.6 is 11.8 Å². The number of nitrogens with one attached hydrogen (secondary N) is 1. The standard InChI is InChI=1S/C14H19N5OS/c1-3-4-8-21-11(2)13(20)18-12-9-17-19(10-12)14-15-6-5-7-16-14/h5-7,9-11H,3-4,8H2,1-2H3,(H,18,20). The molecule has 0 saturated heterocycles. The van der Waals surface area contributed by atoms with Crippen molar-refractivity contribution in [3.05, 3.63) is 30.9 Å². The van der Waals surface area contributed by atoms with Crippen molar-refractivity contribution in [2.75, 3.05) is 11.1 Å². The summed E-state index contributed by atoms with van der Waals surface area (Å²) in [4.78, 5) is 20.3. The van der Waals surface area contributed by atoms with Crippen molar-refractivity contribution in [2.45, 2.75) is 31.9 Å². The maximum Gasteiger partial charge on any atom is 0.250 e. The normalized spacial score (nSPS) is 12.1. The molecule has 2 aromatic heterocycles. The lowest BCUT2D eigenvalue weighted by Gasteiger charge is -2.10. The van der Waals surface area contributed by atoms with Crippen molar-refractivity contribution in [3.63, 3.8) is 0 Å². The number of aromatic nitrogens is 4. The van der Waals surface area contributed by atoms with Crippen LogP contribution in [-0.2, 0) is 4.79 Å². The summed E-state index contributed by atoms with van der Waals surface area (Å²) in [6.45, 7) is 4.06. The monoisotopic (exact) mass is 305 g/mol. The second-order valence-corrected chi connectivity index (χ2v) is 6.03. The highest BCUT2D eigenvalue weighted by Crippen LogP contribution is 2.15. The zero-order valence-corrected chi connectivity index (χ0v) is 13.0. The van der Waals surface area contributed by atoms with Crippen molar-refractivity contribution in [2.24, 2.45) is 0 Å². The Morgan fingerprint density at radius 1 is 1.43 bits per heavy atom. The van der Waals surface area contributed by atoms with Crippen LogP contribution in [0.2, 0.25) is 0 Å². The lowest BCUT2D eigenvalue weighted by Crippen LogP contribution is -2.22. The van der Waals surface area contributed by atoms with E-state index in [2.05, 4.69) is 27.3 Å². The molecule has 1 N–H and O–H groups in total. The highest BCUT2D eigenvalue weighted by molar-refractivity contribution is 8.00. The topological polar surface area (TPSA) is 72.7 Å². The summed E-state index contributed by atoms with van der Waals surface area (Å²) in [6, 6.07) is 1.74. The van der Waals surface area contributed by atoms with Crippen LogP contribution in [0.1, 0.15) is 26.7 Å². The second-order valence-electron chi connectivity index (χ2n) is 4.58. The van der Waals surface area contributed by atoms with E-state index in [1.54, 1.807) is 42.6 Å². The number of rotatable bonds is 7. The van der Waals surface area contributed by atoms with Gasteiger partial charge in [0.15, 0.2) is 0 Å². The molecule has 0 aliphatic heterocycles. The minimum absolute atomic E-state index is 0.00960. The molecule has 21 heavy (non-hydrogen) atoms. The molecule has 1 atom stereocenters. The molecule has 0 bridgehead atoms. The molecule has 1 unspecified atom stereocenters. The Morgan fingerprint density at radius 2 is 2.19 bits per heavy atom. The van der Waals surface area contributed by atoms with Gasteiger partial charge in [-0.25, -0.2) is 14.6 Å². The number of nitrogens with zero attached hydrogens (tertiary/aromatic N) is 4. The fourth-order valence-corrected chi connectivity index (χ4v) is 2.65. The smallest absolute Gasteiger partial charge is 0.250 e. The van der Waals surface area contributed by atoms with Crippen LogP contribution in [0, 0.1) is 0 Å². The first kappa shape index (κ1) is 15.5. The highest BCUT2D eigenvalue weighted by Gasteiger charge is 2.14. The highest BCUT2D eigenvalue weighted by atomic mass is 32.2. The number of amides is 1. The summed E-state index contributed by atoms with van der Waals surface area (Å²) >= 11 is 1.67. The Balaban J connectivity index is 1.92. The number of unbranched alkanes of at least 4 members (excludes halogenated alkanes) is 1. The largest absolute Gasteiger partial charge is 0.322 e. The molecule has 2 rings (SSSR count). The summed E-state index contributed by atoms with van der Waals surface area (Å²) in [7, 11) is 0. The Bertz CT molecular complexity index is 572. The van der Waals surface area contributed by atoms with Gasteiger partial charge in [0.2, 0.25) is 11.9 Å². The minimum Gasteiger partial charge on any atom is -0.322 e. The molecule has 1 amide bonds. The van der Waals surface area contributed by atoms with Crippen LogP contribution in [0.4, 0.5) is 5.69 Å². The Hall–Kier alpha value is -1.89. The number of anilines is 1. The number of carbonyl (C=O) groups is 1. The third-order valence-corrected chi connectivity index (χ3v) is 4.08. The molecule has 0 fully saturated rings. The van der Waals surface area contributed by atoms with E-state index in [1.165, 1.54) is 4.68 Å². The van der Waals surface area contributed by atoms with Crippen molar-refractivity contribution < 1.29 is 4.79 Å². The quantitative estimate of drug-likeness (QED) is 0.796. The Labute approximate surface area is 128 Å². The maximum atomic E-state index is 12.1. The molecule has 0 aliphatic carbocycles. The van der Waals surface area contributed by atoms with Crippen molar-refractivity contribution >= 4 is 23.4 Å². The van der Waals surface area contributed by atoms with Gasteiger partial charge in [0.25, 0.3) is 0 Å². The number of hydrogen-bond acceptors (Lipinski definition) is 5. The molecule has 0 spiro atoms. The van der Waals surface area contributed by atoms with E-state index in [9.17, 15) is 4.79 Å². The summed E-state index contributed by atoms with van der Waals surface area (Å²) < 4.78 is 1.53. The molecular formula is C14H19N5OS. The van der Waals surface area contributed by atoms with Crippen molar-refractivity contribution in [1.82, 2.24) is 19.7 Å². The Morgan fingerprint density at radius 3 is 2.90 bits per heavy atom.